The van der Waals surface area contributed by atoms with Gasteiger partial charge in [-0.3, -0.25) is 4.68 Å². The molecule has 0 unspecified atom stereocenters. The highest BCUT2D eigenvalue weighted by molar-refractivity contribution is 5.85. The van der Waals surface area contributed by atoms with Crippen LogP contribution in [0.1, 0.15) is 26.0 Å². The van der Waals surface area contributed by atoms with E-state index in [4.69, 9.17) is 0 Å². The average Bonchev–Trinajstić information content (AvgIpc) is 2.59. The Morgan fingerprint density at radius 1 is 1.41 bits per heavy atom. The van der Waals surface area contributed by atoms with Crippen LogP contribution < -0.4 is 5.32 Å². The number of aromatic nitrogens is 2. The van der Waals surface area contributed by atoms with Crippen molar-refractivity contribution in [2.45, 2.75) is 39.8 Å². The summed E-state index contributed by atoms with van der Waals surface area (Å²) in [6.07, 6.45) is 0.352. The molecule has 100 valence electrons. The fraction of sp³-hybridized carbons (Fsp3) is 0.727. The van der Waals surface area contributed by atoms with E-state index < -0.39 is 6.43 Å². The smallest absolute Gasteiger partial charge is 0.257 e. The Bertz CT molecular complexity index is 303. The van der Waals surface area contributed by atoms with Crippen LogP contribution >= 0.6 is 12.4 Å². The van der Waals surface area contributed by atoms with Gasteiger partial charge in [-0.2, -0.15) is 5.10 Å². The molecule has 0 aliphatic carbocycles. The van der Waals surface area contributed by atoms with Crippen LogP contribution in [0.25, 0.3) is 0 Å². The van der Waals surface area contributed by atoms with E-state index >= 15 is 0 Å². The molecule has 0 aliphatic rings. The van der Waals surface area contributed by atoms with Gasteiger partial charge in [0.1, 0.15) is 6.54 Å². The van der Waals surface area contributed by atoms with Crippen molar-refractivity contribution in [3.05, 3.63) is 18.0 Å². The van der Waals surface area contributed by atoms with E-state index in [0.29, 0.717) is 12.5 Å². The summed E-state index contributed by atoms with van der Waals surface area (Å²) >= 11 is 0. The molecule has 0 spiro atoms. The van der Waals surface area contributed by atoms with Gasteiger partial charge in [0.05, 0.1) is 5.69 Å². The van der Waals surface area contributed by atoms with Crippen molar-refractivity contribution in [2.75, 3.05) is 6.54 Å². The molecule has 1 aromatic rings. The first-order chi connectivity index (χ1) is 7.58. The zero-order chi connectivity index (χ0) is 12.0. The van der Waals surface area contributed by atoms with Crippen LogP contribution in [0.3, 0.4) is 0 Å². The molecule has 0 saturated heterocycles. The first kappa shape index (κ1) is 16.3. The highest BCUT2D eigenvalue weighted by Gasteiger charge is 2.05. The summed E-state index contributed by atoms with van der Waals surface area (Å²) < 4.78 is 25.4. The molecule has 17 heavy (non-hydrogen) atoms. The van der Waals surface area contributed by atoms with Gasteiger partial charge < -0.3 is 5.32 Å². The minimum atomic E-state index is -2.35. The van der Waals surface area contributed by atoms with E-state index in [1.54, 1.807) is 12.3 Å². The van der Waals surface area contributed by atoms with Gasteiger partial charge in [0.25, 0.3) is 6.43 Å². The Hall–Kier alpha value is -0.680. The average molecular weight is 268 g/mol. The molecule has 0 radical (unpaired) electrons. The molecule has 0 bridgehead atoms. The van der Waals surface area contributed by atoms with Gasteiger partial charge in [-0.05, 0) is 24.9 Å². The molecule has 0 saturated carbocycles. The third-order valence-electron chi connectivity index (χ3n) is 2.23. The number of nitrogens with one attached hydrogen (secondary N) is 1. The highest BCUT2D eigenvalue weighted by atomic mass is 35.5. The van der Waals surface area contributed by atoms with Crippen LogP contribution in [0, 0.1) is 5.92 Å². The fourth-order valence-corrected chi connectivity index (χ4v) is 1.35. The Kier molecular flexibility index (Phi) is 8.08. The van der Waals surface area contributed by atoms with Crippen LogP contribution in [0.4, 0.5) is 8.78 Å². The number of alkyl halides is 2. The SMILES string of the molecule is CC(C)CCNCc1ccn(CC(F)F)n1.Cl. The van der Waals surface area contributed by atoms with Crippen LogP contribution in [-0.2, 0) is 13.1 Å². The Balaban J connectivity index is 0.00000256. The van der Waals surface area contributed by atoms with E-state index in [0.717, 1.165) is 18.7 Å². The van der Waals surface area contributed by atoms with E-state index in [1.165, 1.54) is 4.68 Å². The van der Waals surface area contributed by atoms with E-state index in [9.17, 15) is 8.78 Å². The Morgan fingerprint density at radius 3 is 2.71 bits per heavy atom. The molecule has 6 heteroatoms. The zero-order valence-electron chi connectivity index (χ0n) is 10.2. The molecule has 1 rings (SSSR count). The summed E-state index contributed by atoms with van der Waals surface area (Å²) in [5.74, 6) is 0.670. The lowest BCUT2D eigenvalue weighted by molar-refractivity contribution is 0.121. The molecule has 0 fully saturated rings. The van der Waals surface area contributed by atoms with Crippen LogP contribution in [0.15, 0.2) is 12.3 Å². The molecular weight excluding hydrogens is 248 g/mol. The lowest BCUT2D eigenvalue weighted by Crippen LogP contribution is -2.17. The minimum absolute atomic E-state index is 0. The maximum atomic E-state index is 12.0. The number of rotatable bonds is 7. The van der Waals surface area contributed by atoms with Crippen molar-refractivity contribution in [1.82, 2.24) is 15.1 Å². The van der Waals surface area contributed by atoms with Gasteiger partial charge in [0, 0.05) is 12.7 Å². The van der Waals surface area contributed by atoms with Crippen molar-refractivity contribution in [2.24, 2.45) is 5.92 Å². The normalized spacial score (nSPS) is 10.9. The summed E-state index contributed by atoms with van der Waals surface area (Å²) in [4.78, 5) is 0. The third kappa shape index (κ3) is 7.28. The van der Waals surface area contributed by atoms with Gasteiger partial charge in [-0.15, -0.1) is 12.4 Å². The summed E-state index contributed by atoms with van der Waals surface area (Å²) in [6.45, 7) is 5.58. The molecule has 0 aliphatic heterocycles. The lowest BCUT2D eigenvalue weighted by Gasteiger charge is -2.05. The number of nitrogens with zero attached hydrogens (tertiary/aromatic N) is 2. The van der Waals surface area contributed by atoms with Gasteiger partial charge >= 0.3 is 0 Å². The zero-order valence-corrected chi connectivity index (χ0v) is 11.0. The number of halogens is 3. The monoisotopic (exact) mass is 267 g/mol. The van der Waals surface area contributed by atoms with E-state index in [2.05, 4.69) is 24.3 Å². The quantitative estimate of drug-likeness (QED) is 0.770. The predicted molar refractivity (Wildman–Crippen MR) is 66.6 cm³/mol. The Morgan fingerprint density at radius 2 is 2.12 bits per heavy atom. The highest BCUT2D eigenvalue weighted by Crippen LogP contribution is 2.01. The molecule has 1 heterocycles. The Labute approximate surface area is 107 Å². The second kappa shape index (κ2) is 8.42. The molecule has 1 N–H and O–H groups in total. The van der Waals surface area contributed by atoms with E-state index in [1.807, 2.05) is 0 Å². The molecule has 0 aromatic carbocycles. The second-order valence-electron chi connectivity index (χ2n) is 4.28. The van der Waals surface area contributed by atoms with Crippen molar-refractivity contribution in [3.63, 3.8) is 0 Å². The first-order valence-electron chi connectivity index (χ1n) is 5.59. The van der Waals surface area contributed by atoms with Crippen molar-refractivity contribution in [3.8, 4) is 0 Å². The van der Waals surface area contributed by atoms with E-state index in [-0.39, 0.29) is 19.0 Å². The maximum Gasteiger partial charge on any atom is 0.257 e. The van der Waals surface area contributed by atoms with Gasteiger partial charge in [-0.1, -0.05) is 13.8 Å². The van der Waals surface area contributed by atoms with Crippen molar-refractivity contribution in [1.29, 1.82) is 0 Å². The molecular formula is C11H20ClF2N3. The topological polar surface area (TPSA) is 29.9 Å². The summed E-state index contributed by atoms with van der Waals surface area (Å²) in [5.41, 5.74) is 0.810. The summed E-state index contributed by atoms with van der Waals surface area (Å²) in [6, 6.07) is 1.77. The predicted octanol–water partition coefficient (Wildman–Crippen LogP) is 2.71. The largest absolute Gasteiger partial charge is 0.311 e. The van der Waals surface area contributed by atoms with Crippen LogP contribution in [-0.4, -0.2) is 22.8 Å². The van der Waals surface area contributed by atoms with Crippen molar-refractivity contribution >= 4 is 12.4 Å². The molecule has 0 atom stereocenters. The van der Waals surface area contributed by atoms with Crippen molar-refractivity contribution < 1.29 is 8.78 Å². The summed E-state index contributed by atoms with van der Waals surface area (Å²) in [7, 11) is 0. The van der Waals surface area contributed by atoms with Gasteiger partial charge in [0.2, 0.25) is 0 Å². The lowest BCUT2D eigenvalue weighted by atomic mass is 10.1. The maximum absolute atomic E-state index is 12.0. The molecule has 1 aromatic heterocycles. The number of hydrogen-bond acceptors (Lipinski definition) is 2. The van der Waals surface area contributed by atoms with Crippen LogP contribution in [0.2, 0.25) is 0 Å². The third-order valence-corrected chi connectivity index (χ3v) is 2.23. The van der Waals surface area contributed by atoms with Gasteiger partial charge in [0.15, 0.2) is 0 Å². The fourth-order valence-electron chi connectivity index (χ4n) is 1.35. The summed E-state index contributed by atoms with van der Waals surface area (Å²) in [5, 5.41) is 7.28. The van der Waals surface area contributed by atoms with Crippen LogP contribution in [0.5, 0.6) is 0 Å². The second-order valence-corrected chi connectivity index (χ2v) is 4.28. The standard InChI is InChI=1S/C11H19F2N3.ClH/c1-9(2)3-5-14-7-10-4-6-16(15-10)8-11(12)13;/h4,6,9,11,14H,3,5,7-8H2,1-2H3;1H. The minimum Gasteiger partial charge on any atom is -0.311 e. The number of hydrogen-bond donors (Lipinski definition) is 1. The van der Waals surface area contributed by atoms with Gasteiger partial charge in [-0.25, -0.2) is 8.78 Å². The molecule has 3 nitrogen and oxygen atoms in total. The first-order valence-corrected chi connectivity index (χ1v) is 5.59. The molecule has 0 amide bonds.